The number of alkyl halides is 3. The normalized spacial score (nSPS) is 12.6. The van der Waals surface area contributed by atoms with Crippen LogP contribution in [0.3, 0.4) is 0 Å². The molecule has 0 bridgehead atoms. The summed E-state index contributed by atoms with van der Waals surface area (Å²) >= 11 is 0. The number of imidazole rings is 1. The highest BCUT2D eigenvalue weighted by Gasteiger charge is 2.30. The van der Waals surface area contributed by atoms with Crippen molar-refractivity contribution < 1.29 is 13.2 Å². The van der Waals surface area contributed by atoms with E-state index in [2.05, 4.69) is 9.97 Å². The predicted octanol–water partition coefficient (Wildman–Crippen LogP) is 4.49. The van der Waals surface area contributed by atoms with Crippen LogP contribution in [0.15, 0.2) is 18.2 Å². The summed E-state index contributed by atoms with van der Waals surface area (Å²) in [4.78, 5) is 7.35. The Kier molecular flexibility index (Phi) is 3.32. The molecule has 0 unspecified atom stereocenters. The Bertz CT molecular complexity index is 539. The Hall–Kier alpha value is -1.52. The zero-order valence-corrected chi connectivity index (χ0v) is 10.3. The molecule has 0 atom stereocenters. The van der Waals surface area contributed by atoms with Gasteiger partial charge in [-0.1, -0.05) is 13.8 Å². The zero-order valence-electron chi connectivity index (χ0n) is 10.3. The van der Waals surface area contributed by atoms with Gasteiger partial charge in [0.05, 0.1) is 16.6 Å². The summed E-state index contributed by atoms with van der Waals surface area (Å²) in [6.45, 7) is 4.09. The number of nitrogens with zero attached hydrogens (tertiary/aromatic N) is 1. The quantitative estimate of drug-likeness (QED) is 0.861. The molecule has 1 aromatic carbocycles. The first-order chi connectivity index (χ1) is 8.45. The van der Waals surface area contributed by atoms with Crippen LogP contribution in [0.4, 0.5) is 13.2 Å². The molecule has 0 radical (unpaired) electrons. The van der Waals surface area contributed by atoms with Crippen molar-refractivity contribution in [2.24, 2.45) is 0 Å². The molecule has 0 aliphatic carbocycles. The summed E-state index contributed by atoms with van der Waals surface area (Å²) < 4.78 is 37.7. The molecule has 2 aromatic rings. The maximum Gasteiger partial charge on any atom is 0.416 e. The molecule has 0 saturated carbocycles. The standard InChI is InChI=1S/C13H15F3N2/c1-3-8(4-2)12-17-10-6-5-9(13(14,15)16)7-11(10)18-12/h5-8H,3-4H2,1-2H3,(H,17,18). The Morgan fingerprint density at radius 3 is 2.44 bits per heavy atom. The van der Waals surface area contributed by atoms with Gasteiger partial charge in [0, 0.05) is 5.92 Å². The number of halogens is 3. The Labute approximate surface area is 103 Å². The second kappa shape index (κ2) is 4.63. The number of nitrogens with one attached hydrogen (secondary N) is 1. The molecule has 1 N–H and O–H groups in total. The molecular weight excluding hydrogens is 241 g/mol. The van der Waals surface area contributed by atoms with Crippen LogP contribution in [0, 0.1) is 0 Å². The minimum absolute atomic E-state index is 0.270. The average Bonchev–Trinajstić information content (AvgIpc) is 2.71. The van der Waals surface area contributed by atoms with E-state index >= 15 is 0 Å². The smallest absolute Gasteiger partial charge is 0.342 e. The van der Waals surface area contributed by atoms with E-state index in [-0.39, 0.29) is 5.92 Å². The van der Waals surface area contributed by atoms with Gasteiger partial charge in [-0.25, -0.2) is 4.98 Å². The first-order valence-corrected chi connectivity index (χ1v) is 6.02. The van der Waals surface area contributed by atoms with E-state index in [0.29, 0.717) is 11.0 Å². The summed E-state index contributed by atoms with van der Waals surface area (Å²) in [7, 11) is 0. The van der Waals surface area contributed by atoms with Crippen LogP contribution in [-0.2, 0) is 6.18 Å². The molecular formula is C13H15F3N2. The van der Waals surface area contributed by atoms with E-state index in [9.17, 15) is 13.2 Å². The van der Waals surface area contributed by atoms with Gasteiger partial charge in [0.15, 0.2) is 0 Å². The molecule has 0 fully saturated rings. The number of hydrogen-bond acceptors (Lipinski definition) is 1. The summed E-state index contributed by atoms with van der Waals surface area (Å²) in [6, 6.07) is 3.61. The van der Waals surface area contributed by atoms with Crippen molar-refractivity contribution >= 4 is 11.0 Å². The number of fused-ring (bicyclic) bond motifs is 1. The maximum atomic E-state index is 12.6. The summed E-state index contributed by atoms with van der Waals surface area (Å²) in [6.07, 6.45) is -2.47. The van der Waals surface area contributed by atoms with Crippen LogP contribution < -0.4 is 0 Å². The molecule has 0 saturated heterocycles. The van der Waals surface area contributed by atoms with Crippen molar-refractivity contribution in [2.45, 2.75) is 38.8 Å². The van der Waals surface area contributed by atoms with Gasteiger partial charge in [-0.3, -0.25) is 0 Å². The monoisotopic (exact) mass is 256 g/mol. The Balaban J connectivity index is 2.46. The molecule has 0 aliphatic rings. The fraction of sp³-hybridized carbons (Fsp3) is 0.462. The third-order valence-corrected chi connectivity index (χ3v) is 3.20. The second-order valence-corrected chi connectivity index (χ2v) is 4.37. The molecule has 0 spiro atoms. The number of H-pyrrole nitrogens is 1. The van der Waals surface area contributed by atoms with Gasteiger partial charge in [0.2, 0.25) is 0 Å². The molecule has 2 nitrogen and oxygen atoms in total. The number of rotatable bonds is 3. The van der Waals surface area contributed by atoms with Crippen molar-refractivity contribution in [2.75, 3.05) is 0 Å². The van der Waals surface area contributed by atoms with E-state index in [1.807, 2.05) is 13.8 Å². The van der Waals surface area contributed by atoms with Crippen LogP contribution in [0.2, 0.25) is 0 Å². The van der Waals surface area contributed by atoms with E-state index in [1.54, 1.807) is 0 Å². The highest BCUT2D eigenvalue weighted by Crippen LogP contribution is 2.31. The highest BCUT2D eigenvalue weighted by molar-refractivity contribution is 5.76. The van der Waals surface area contributed by atoms with Crippen molar-refractivity contribution in [3.8, 4) is 0 Å². The Morgan fingerprint density at radius 2 is 1.89 bits per heavy atom. The first kappa shape index (κ1) is 12.9. The number of aromatic amines is 1. The largest absolute Gasteiger partial charge is 0.416 e. The molecule has 2 rings (SSSR count). The number of aromatic nitrogens is 2. The lowest BCUT2D eigenvalue weighted by Crippen LogP contribution is -2.04. The third kappa shape index (κ3) is 2.35. The number of hydrogen-bond donors (Lipinski definition) is 1. The fourth-order valence-electron chi connectivity index (χ4n) is 2.07. The van der Waals surface area contributed by atoms with E-state index in [0.717, 1.165) is 30.8 Å². The minimum Gasteiger partial charge on any atom is -0.342 e. The second-order valence-electron chi connectivity index (χ2n) is 4.37. The van der Waals surface area contributed by atoms with Gasteiger partial charge in [0.1, 0.15) is 5.82 Å². The molecule has 0 amide bonds. The minimum atomic E-state index is -4.31. The van der Waals surface area contributed by atoms with Crippen LogP contribution in [0.5, 0.6) is 0 Å². The topological polar surface area (TPSA) is 28.7 Å². The lowest BCUT2D eigenvalue weighted by Gasteiger charge is -2.07. The zero-order chi connectivity index (χ0) is 13.3. The van der Waals surface area contributed by atoms with Crippen LogP contribution in [0.1, 0.15) is 44.0 Å². The molecule has 1 aromatic heterocycles. The van der Waals surface area contributed by atoms with Gasteiger partial charge in [-0.05, 0) is 31.0 Å². The third-order valence-electron chi connectivity index (χ3n) is 3.20. The first-order valence-electron chi connectivity index (χ1n) is 6.02. The average molecular weight is 256 g/mol. The summed E-state index contributed by atoms with van der Waals surface area (Å²) in [5, 5.41) is 0. The fourth-order valence-corrected chi connectivity index (χ4v) is 2.07. The van der Waals surface area contributed by atoms with Crippen molar-refractivity contribution in [3.63, 3.8) is 0 Å². The van der Waals surface area contributed by atoms with Gasteiger partial charge in [0.25, 0.3) is 0 Å². The lowest BCUT2D eigenvalue weighted by atomic mass is 10.0. The van der Waals surface area contributed by atoms with E-state index in [4.69, 9.17) is 0 Å². The SMILES string of the molecule is CCC(CC)c1nc2ccc(C(F)(F)F)cc2[nH]1. The number of benzene rings is 1. The van der Waals surface area contributed by atoms with Crippen LogP contribution in [0.25, 0.3) is 11.0 Å². The van der Waals surface area contributed by atoms with Crippen LogP contribution >= 0.6 is 0 Å². The molecule has 1 heterocycles. The Morgan fingerprint density at radius 1 is 1.22 bits per heavy atom. The summed E-state index contributed by atoms with van der Waals surface area (Å²) in [5.41, 5.74) is 0.395. The van der Waals surface area contributed by atoms with Crippen molar-refractivity contribution in [3.05, 3.63) is 29.6 Å². The lowest BCUT2D eigenvalue weighted by molar-refractivity contribution is -0.137. The van der Waals surface area contributed by atoms with Gasteiger partial charge < -0.3 is 4.98 Å². The van der Waals surface area contributed by atoms with Gasteiger partial charge in [-0.2, -0.15) is 13.2 Å². The van der Waals surface area contributed by atoms with Gasteiger partial charge in [-0.15, -0.1) is 0 Å². The van der Waals surface area contributed by atoms with E-state index in [1.165, 1.54) is 6.07 Å². The predicted molar refractivity (Wildman–Crippen MR) is 64.4 cm³/mol. The maximum absolute atomic E-state index is 12.6. The summed E-state index contributed by atoms with van der Waals surface area (Å²) in [5.74, 6) is 1.04. The van der Waals surface area contributed by atoms with E-state index < -0.39 is 11.7 Å². The molecule has 0 aliphatic heterocycles. The highest BCUT2D eigenvalue weighted by atomic mass is 19.4. The molecule has 5 heteroatoms. The van der Waals surface area contributed by atoms with Crippen molar-refractivity contribution in [1.29, 1.82) is 0 Å². The molecule has 98 valence electrons. The van der Waals surface area contributed by atoms with Crippen molar-refractivity contribution in [1.82, 2.24) is 9.97 Å². The molecule has 18 heavy (non-hydrogen) atoms. The van der Waals surface area contributed by atoms with Gasteiger partial charge >= 0.3 is 6.18 Å². The van der Waals surface area contributed by atoms with Crippen LogP contribution in [-0.4, -0.2) is 9.97 Å².